The molecular weight excluding hydrogens is 292 g/mol. The second-order valence-corrected chi connectivity index (χ2v) is 5.14. The Bertz CT molecular complexity index is 923. The van der Waals surface area contributed by atoms with Crippen LogP contribution in [0.15, 0.2) is 36.4 Å². The van der Waals surface area contributed by atoms with Crippen molar-refractivity contribution < 1.29 is 9.90 Å². The van der Waals surface area contributed by atoms with Gasteiger partial charge in [-0.05, 0) is 13.0 Å². The third kappa shape index (κ3) is 2.64. The molecule has 0 aliphatic heterocycles. The van der Waals surface area contributed by atoms with Crippen LogP contribution >= 0.6 is 0 Å². The van der Waals surface area contributed by atoms with Gasteiger partial charge in [-0.1, -0.05) is 30.3 Å². The Labute approximate surface area is 132 Å². The van der Waals surface area contributed by atoms with Crippen molar-refractivity contribution in [3.63, 3.8) is 0 Å². The number of nitrogens with zero attached hydrogens (tertiary/aromatic N) is 4. The molecule has 2 heterocycles. The number of fused-ring (bicyclic) bond motifs is 1. The zero-order chi connectivity index (χ0) is 16.4. The summed E-state index contributed by atoms with van der Waals surface area (Å²) in [6.07, 6.45) is 0.288. The number of hydrogen-bond acceptors (Lipinski definition) is 4. The number of benzene rings is 1. The Morgan fingerprint density at radius 2 is 2.09 bits per heavy atom. The summed E-state index contributed by atoms with van der Waals surface area (Å²) < 4.78 is 1.60. The molecule has 0 aliphatic rings. The van der Waals surface area contributed by atoms with Crippen LogP contribution in [0.3, 0.4) is 0 Å². The van der Waals surface area contributed by atoms with Crippen LogP contribution in [0.5, 0.6) is 0 Å². The van der Waals surface area contributed by atoms with Crippen LogP contribution in [0.25, 0.3) is 22.3 Å². The fraction of sp³-hybridized carbons (Fsp3) is 0.176. The smallest absolute Gasteiger partial charge is 0.336 e. The summed E-state index contributed by atoms with van der Waals surface area (Å²) in [5.41, 5.74) is 2.68. The van der Waals surface area contributed by atoms with Crippen molar-refractivity contribution in [2.45, 2.75) is 19.9 Å². The maximum atomic E-state index is 11.7. The minimum atomic E-state index is -1.02. The van der Waals surface area contributed by atoms with Gasteiger partial charge in [-0.2, -0.15) is 10.4 Å². The molecule has 6 nitrogen and oxygen atoms in total. The highest BCUT2D eigenvalue weighted by atomic mass is 16.4. The van der Waals surface area contributed by atoms with E-state index in [0.29, 0.717) is 29.0 Å². The van der Waals surface area contributed by atoms with Gasteiger partial charge >= 0.3 is 5.97 Å². The third-order valence-corrected chi connectivity index (χ3v) is 3.61. The molecule has 23 heavy (non-hydrogen) atoms. The lowest BCUT2D eigenvalue weighted by Gasteiger charge is -2.06. The van der Waals surface area contributed by atoms with E-state index in [1.807, 2.05) is 30.3 Å². The van der Waals surface area contributed by atoms with Crippen molar-refractivity contribution >= 4 is 17.0 Å². The van der Waals surface area contributed by atoms with E-state index in [1.54, 1.807) is 17.7 Å². The second-order valence-electron chi connectivity index (χ2n) is 5.14. The number of aryl methyl sites for hydroxylation is 2. The standard InChI is InChI=1S/C17H14N4O2/c1-11-15-13(17(22)23)10-14(12-6-3-2-4-7-12)19-16(15)21(20-11)9-5-8-18/h2-4,6-7,10H,5,9H2,1H3,(H,22,23). The lowest BCUT2D eigenvalue weighted by atomic mass is 10.1. The number of pyridine rings is 1. The van der Waals surface area contributed by atoms with Gasteiger partial charge in [-0.25, -0.2) is 14.5 Å². The second kappa shape index (κ2) is 5.89. The largest absolute Gasteiger partial charge is 0.478 e. The molecule has 0 unspecified atom stereocenters. The van der Waals surface area contributed by atoms with E-state index < -0.39 is 5.97 Å². The lowest BCUT2D eigenvalue weighted by Crippen LogP contribution is -2.03. The maximum absolute atomic E-state index is 11.7. The van der Waals surface area contributed by atoms with E-state index in [2.05, 4.69) is 16.2 Å². The fourth-order valence-electron chi connectivity index (χ4n) is 2.59. The molecule has 2 aromatic heterocycles. The van der Waals surface area contributed by atoms with E-state index in [4.69, 9.17) is 5.26 Å². The van der Waals surface area contributed by atoms with Crippen LogP contribution in [0.4, 0.5) is 0 Å². The molecule has 114 valence electrons. The highest BCUT2D eigenvalue weighted by Crippen LogP contribution is 2.27. The third-order valence-electron chi connectivity index (χ3n) is 3.61. The average Bonchev–Trinajstić information content (AvgIpc) is 2.89. The zero-order valence-electron chi connectivity index (χ0n) is 12.5. The quantitative estimate of drug-likeness (QED) is 0.800. The van der Waals surface area contributed by atoms with Crippen molar-refractivity contribution in [2.75, 3.05) is 0 Å². The Hall–Kier alpha value is -3.20. The van der Waals surface area contributed by atoms with Crippen LogP contribution in [0.2, 0.25) is 0 Å². The number of carboxylic acids is 1. The number of nitriles is 1. The summed E-state index contributed by atoms with van der Waals surface area (Å²) in [5.74, 6) is -1.02. The minimum Gasteiger partial charge on any atom is -0.478 e. The van der Waals surface area contributed by atoms with Crippen molar-refractivity contribution in [1.29, 1.82) is 5.26 Å². The molecule has 6 heteroatoms. The molecular formula is C17H14N4O2. The Kier molecular flexibility index (Phi) is 3.77. The van der Waals surface area contributed by atoms with Gasteiger partial charge in [-0.15, -0.1) is 0 Å². The summed E-state index contributed by atoms with van der Waals surface area (Å²) in [6, 6.07) is 13.0. The normalized spacial score (nSPS) is 10.6. The molecule has 0 saturated carbocycles. The SMILES string of the molecule is Cc1nn(CCC#N)c2nc(-c3ccccc3)cc(C(=O)O)c12. The van der Waals surface area contributed by atoms with Gasteiger partial charge in [0, 0.05) is 5.56 Å². The van der Waals surface area contributed by atoms with Crippen molar-refractivity contribution in [2.24, 2.45) is 0 Å². The Morgan fingerprint density at radius 1 is 1.35 bits per heavy atom. The first-order valence-corrected chi connectivity index (χ1v) is 7.15. The zero-order valence-corrected chi connectivity index (χ0v) is 12.5. The van der Waals surface area contributed by atoms with E-state index in [1.165, 1.54) is 0 Å². The number of aromatic nitrogens is 3. The van der Waals surface area contributed by atoms with Gasteiger partial charge in [0.05, 0.1) is 41.4 Å². The van der Waals surface area contributed by atoms with E-state index in [-0.39, 0.29) is 12.0 Å². The number of carboxylic acid groups (broad SMARTS) is 1. The minimum absolute atomic E-state index is 0.176. The summed E-state index contributed by atoms with van der Waals surface area (Å²) in [5, 5.41) is 23.2. The first kappa shape index (κ1) is 14.7. The monoisotopic (exact) mass is 306 g/mol. The highest BCUT2D eigenvalue weighted by molar-refractivity contribution is 6.04. The maximum Gasteiger partial charge on any atom is 0.336 e. The summed E-state index contributed by atoms with van der Waals surface area (Å²) in [6.45, 7) is 2.13. The average molecular weight is 306 g/mol. The molecule has 0 saturated heterocycles. The van der Waals surface area contributed by atoms with Crippen LogP contribution in [-0.2, 0) is 6.54 Å². The lowest BCUT2D eigenvalue weighted by molar-refractivity contribution is 0.0699. The summed E-state index contributed by atoms with van der Waals surface area (Å²) in [4.78, 5) is 16.2. The van der Waals surface area contributed by atoms with Crippen molar-refractivity contribution in [3.8, 4) is 17.3 Å². The molecule has 0 atom stereocenters. The molecule has 0 fully saturated rings. The van der Waals surface area contributed by atoms with Gasteiger partial charge in [0.15, 0.2) is 5.65 Å². The van der Waals surface area contributed by atoms with Crippen molar-refractivity contribution in [3.05, 3.63) is 47.7 Å². The van der Waals surface area contributed by atoms with Crippen molar-refractivity contribution in [1.82, 2.24) is 14.8 Å². The molecule has 1 aromatic carbocycles. The molecule has 3 aromatic rings. The number of hydrogen-bond donors (Lipinski definition) is 1. The Morgan fingerprint density at radius 3 is 2.74 bits per heavy atom. The van der Waals surface area contributed by atoms with Gasteiger partial charge in [-0.3, -0.25) is 0 Å². The summed E-state index contributed by atoms with van der Waals surface area (Å²) >= 11 is 0. The van der Waals surface area contributed by atoms with E-state index >= 15 is 0 Å². The van der Waals surface area contributed by atoms with Crippen LogP contribution in [0.1, 0.15) is 22.5 Å². The molecule has 0 amide bonds. The Balaban J connectivity index is 2.29. The molecule has 0 radical (unpaired) electrons. The van der Waals surface area contributed by atoms with Gasteiger partial charge in [0.2, 0.25) is 0 Å². The predicted octanol–water partition coefficient (Wildman–Crippen LogP) is 3.02. The van der Waals surface area contributed by atoms with Crippen LogP contribution < -0.4 is 0 Å². The van der Waals surface area contributed by atoms with E-state index in [0.717, 1.165) is 5.56 Å². The van der Waals surface area contributed by atoms with Gasteiger partial charge in [0.1, 0.15) is 0 Å². The molecule has 3 rings (SSSR count). The van der Waals surface area contributed by atoms with Crippen LogP contribution in [-0.4, -0.2) is 25.8 Å². The van der Waals surface area contributed by atoms with E-state index in [9.17, 15) is 9.90 Å². The molecule has 0 spiro atoms. The molecule has 0 aliphatic carbocycles. The molecule has 1 N–H and O–H groups in total. The first-order valence-electron chi connectivity index (χ1n) is 7.15. The highest BCUT2D eigenvalue weighted by Gasteiger charge is 2.19. The fourth-order valence-corrected chi connectivity index (χ4v) is 2.59. The van der Waals surface area contributed by atoms with Gasteiger partial charge < -0.3 is 5.11 Å². The molecule has 0 bridgehead atoms. The first-order chi connectivity index (χ1) is 11.1. The number of aromatic carboxylic acids is 1. The summed E-state index contributed by atoms with van der Waals surface area (Å²) in [7, 11) is 0. The number of carbonyl (C=O) groups is 1. The van der Waals surface area contributed by atoms with Gasteiger partial charge in [0.25, 0.3) is 0 Å². The van der Waals surface area contributed by atoms with Crippen LogP contribution in [0, 0.1) is 18.3 Å². The predicted molar refractivity (Wildman–Crippen MR) is 84.9 cm³/mol. The number of rotatable bonds is 4. The topological polar surface area (TPSA) is 91.8 Å².